The molecule has 0 aliphatic heterocycles. The first-order valence-corrected chi connectivity index (χ1v) is 9.48. The molecule has 0 radical (unpaired) electrons. The van der Waals surface area contributed by atoms with Crippen molar-refractivity contribution in [3.8, 4) is 0 Å². The van der Waals surface area contributed by atoms with E-state index in [0.29, 0.717) is 10.0 Å². The predicted molar refractivity (Wildman–Crippen MR) is 98.8 cm³/mol. The van der Waals surface area contributed by atoms with Crippen molar-refractivity contribution in [2.24, 2.45) is 0 Å². The molecule has 1 amide bonds. The van der Waals surface area contributed by atoms with Crippen molar-refractivity contribution in [1.29, 1.82) is 0 Å². The van der Waals surface area contributed by atoms with Crippen molar-refractivity contribution in [3.05, 3.63) is 70.5 Å². The summed E-state index contributed by atoms with van der Waals surface area (Å²) in [6.45, 7) is 5.52. The van der Waals surface area contributed by atoms with Gasteiger partial charge in [-0.25, -0.2) is 12.8 Å². The summed E-state index contributed by atoms with van der Waals surface area (Å²) in [5, 5.41) is 2.62. The fraction of sp³-hybridized carbons (Fsp3) is 0.118. The summed E-state index contributed by atoms with van der Waals surface area (Å²) in [6.07, 6.45) is 0. The summed E-state index contributed by atoms with van der Waals surface area (Å²) < 4.78 is 41.4. The first-order valence-electron chi connectivity index (χ1n) is 7.20. The minimum absolute atomic E-state index is 0.135. The number of sulfonamides is 1. The fourth-order valence-electron chi connectivity index (χ4n) is 2.03. The molecular weight excluding hydrogens is 411 g/mol. The third kappa shape index (κ3) is 4.90. The highest BCUT2D eigenvalue weighted by Crippen LogP contribution is 2.21. The number of halogens is 2. The Morgan fingerprint density at radius 3 is 2.56 bits per heavy atom. The summed E-state index contributed by atoms with van der Waals surface area (Å²) in [5.74, 6) is -1.12. The van der Waals surface area contributed by atoms with E-state index in [9.17, 15) is 17.6 Å². The van der Waals surface area contributed by atoms with E-state index in [2.05, 4.69) is 32.5 Å². The maximum atomic E-state index is 13.7. The molecule has 2 rings (SSSR count). The van der Waals surface area contributed by atoms with Crippen LogP contribution in [0.3, 0.4) is 0 Å². The zero-order chi connectivity index (χ0) is 18.6. The molecule has 2 N–H and O–H groups in total. The first kappa shape index (κ1) is 19.1. The number of para-hydroxylation sites is 1. The highest BCUT2D eigenvalue weighted by Gasteiger charge is 2.19. The van der Waals surface area contributed by atoms with Gasteiger partial charge in [0.25, 0.3) is 15.9 Å². The fourth-order valence-corrected chi connectivity index (χ4v) is 3.27. The van der Waals surface area contributed by atoms with Crippen LogP contribution >= 0.6 is 15.9 Å². The number of amides is 1. The number of rotatable bonds is 6. The number of carbonyl (C=O) groups excluding carboxylic acids is 1. The van der Waals surface area contributed by atoms with Gasteiger partial charge >= 0.3 is 0 Å². The zero-order valence-corrected chi connectivity index (χ0v) is 15.7. The van der Waals surface area contributed by atoms with Gasteiger partial charge in [0.05, 0.1) is 10.6 Å². The zero-order valence-electron chi connectivity index (χ0n) is 13.3. The maximum Gasteiger partial charge on any atom is 0.262 e. The van der Waals surface area contributed by atoms with Crippen LogP contribution in [0, 0.1) is 12.7 Å². The molecule has 0 bridgehead atoms. The van der Waals surface area contributed by atoms with Gasteiger partial charge in [-0.1, -0.05) is 40.7 Å². The van der Waals surface area contributed by atoms with Crippen molar-refractivity contribution in [2.45, 2.75) is 11.8 Å². The molecular formula is C17H16BrFN2O3S. The quantitative estimate of drug-likeness (QED) is 0.740. The lowest BCUT2D eigenvalue weighted by Gasteiger charge is -2.12. The second kappa shape index (κ2) is 7.79. The Balaban J connectivity index is 2.33. The third-order valence-electron chi connectivity index (χ3n) is 3.32. The molecule has 0 saturated heterocycles. The molecule has 0 spiro atoms. The minimum Gasteiger partial charge on any atom is -0.347 e. The summed E-state index contributed by atoms with van der Waals surface area (Å²) in [5.41, 5.74) is 0.664. The average Bonchev–Trinajstić information content (AvgIpc) is 2.54. The molecule has 2 aromatic rings. The molecule has 0 saturated carbocycles. The second-order valence-corrected chi connectivity index (χ2v) is 8.07. The van der Waals surface area contributed by atoms with E-state index in [1.54, 1.807) is 6.92 Å². The van der Waals surface area contributed by atoms with Crippen molar-refractivity contribution in [3.63, 3.8) is 0 Å². The van der Waals surface area contributed by atoms with Crippen LogP contribution in [0.4, 0.5) is 10.1 Å². The van der Waals surface area contributed by atoms with Crippen LogP contribution in [0.15, 0.2) is 58.4 Å². The van der Waals surface area contributed by atoms with E-state index in [4.69, 9.17) is 0 Å². The van der Waals surface area contributed by atoms with Gasteiger partial charge in [-0.15, -0.1) is 0 Å². The van der Waals surface area contributed by atoms with Crippen LogP contribution in [0.5, 0.6) is 0 Å². The van der Waals surface area contributed by atoms with Gasteiger partial charge in [0.2, 0.25) is 0 Å². The van der Waals surface area contributed by atoms with Gasteiger partial charge in [0.1, 0.15) is 5.82 Å². The molecule has 0 fully saturated rings. The van der Waals surface area contributed by atoms with E-state index >= 15 is 0 Å². The van der Waals surface area contributed by atoms with Gasteiger partial charge in [0, 0.05) is 16.6 Å². The Kier molecular flexibility index (Phi) is 5.97. The molecule has 0 aliphatic rings. The number of anilines is 1. The normalized spacial score (nSPS) is 11.0. The van der Waals surface area contributed by atoms with Crippen molar-refractivity contribution in [2.75, 3.05) is 11.3 Å². The largest absolute Gasteiger partial charge is 0.347 e. The Morgan fingerprint density at radius 1 is 1.24 bits per heavy atom. The van der Waals surface area contributed by atoms with Crippen LogP contribution in [-0.2, 0) is 10.0 Å². The van der Waals surface area contributed by atoms with Gasteiger partial charge < -0.3 is 5.32 Å². The molecule has 0 unspecified atom stereocenters. The summed E-state index contributed by atoms with van der Waals surface area (Å²) in [6, 6.07) is 9.58. The van der Waals surface area contributed by atoms with E-state index in [1.807, 2.05) is 0 Å². The van der Waals surface area contributed by atoms with E-state index in [0.717, 1.165) is 6.07 Å². The van der Waals surface area contributed by atoms with Crippen LogP contribution in [0.2, 0.25) is 0 Å². The number of nitrogens with one attached hydrogen (secondary N) is 2. The van der Waals surface area contributed by atoms with Crippen molar-refractivity contribution < 1.29 is 17.6 Å². The van der Waals surface area contributed by atoms with E-state index in [1.165, 1.54) is 36.4 Å². The number of carbonyl (C=O) groups is 1. The average molecular weight is 427 g/mol. The molecule has 0 aromatic heterocycles. The van der Waals surface area contributed by atoms with Crippen LogP contribution in [0.25, 0.3) is 0 Å². The summed E-state index contributed by atoms with van der Waals surface area (Å²) in [4.78, 5) is 12.1. The lowest BCUT2D eigenvalue weighted by atomic mass is 10.1. The first-order chi connectivity index (χ1) is 11.7. The summed E-state index contributed by atoms with van der Waals surface area (Å²) >= 11 is 3.13. The number of aryl methyl sites for hydroxylation is 1. The molecule has 132 valence electrons. The van der Waals surface area contributed by atoms with E-state index < -0.39 is 21.7 Å². The van der Waals surface area contributed by atoms with Gasteiger partial charge in [-0.3, -0.25) is 9.52 Å². The van der Waals surface area contributed by atoms with Crippen LogP contribution in [0.1, 0.15) is 15.9 Å². The standard InChI is InChI=1S/C17H16BrFN2O3S/c1-11-7-8-13(9-14(11)17(22)20-10-12(2)18)25(23,24)21-16-6-4-3-5-15(16)19/h3-9,21H,2,10H2,1H3,(H,20,22). The smallest absolute Gasteiger partial charge is 0.262 e. The Morgan fingerprint density at radius 2 is 1.92 bits per heavy atom. The maximum absolute atomic E-state index is 13.7. The Labute approximate surface area is 154 Å². The number of hydrogen-bond acceptors (Lipinski definition) is 3. The highest BCUT2D eigenvalue weighted by molar-refractivity contribution is 9.11. The Bertz CT molecular complexity index is 929. The van der Waals surface area contributed by atoms with Gasteiger partial charge in [-0.2, -0.15) is 0 Å². The lowest BCUT2D eigenvalue weighted by molar-refractivity contribution is 0.0957. The van der Waals surface area contributed by atoms with Crippen molar-refractivity contribution in [1.82, 2.24) is 5.32 Å². The molecule has 8 heteroatoms. The molecule has 0 heterocycles. The minimum atomic E-state index is -4.04. The third-order valence-corrected chi connectivity index (χ3v) is 4.97. The summed E-state index contributed by atoms with van der Waals surface area (Å²) in [7, 11) is -4.04. The highest BCUT2D eigenvalue weighted by atomic mass is 79.9. The predicted octanol–water partition coefficient (Wildman–Crippen LogP) is 3.57. The number of benzene rings is 2. The molecule has 0 atom stereocenters. The molecule has 0 aliphatic carbocycles. The second-order valence-electron chi connectivity index (χ2n) is 5.26. The number of hydrogen-bond donors (Lipinski definition) is 2. The Hall–Kier alpha value is -2.19. The van der Waals surface area contributed by atoms with Crippen molar-refractivity contribution >= 4 is 37.5 Å². The lowest BCUT2D eigenvalue weighted by Crippen LogP contribution is -2.25. The van der Waals surface area contributed by atoms with E-state index in [-0.39, 0.29) is 22.7 Å². The van der Waals surface area contributed by atoms with Gasteiger partial charge in [-0.05, 0) is 36.8 Å². The topological polar surface area (TPSA) is 75.3 Å². The SMILES string of the molecule is C=C(Br)CNC(=O)c1cc(S(=O)(=O)Nc2ccccc2F)ccc1C. The molecule has 5 nitrogen and oxygen atoms in total. The molecule has 2 aromatic carbocycles. The monoisotopic (exact) mass is 426 g/mol. The van der Waals surface area contributed by atoms with Crippen LogP contribution in [-0.4, -0.2) is 20.9 Å². The van der Waals surface area contributed by atoms with Crippen LogP contribution < -0.4 is 10.0 Å². The molecule has 25 heavy (non-hydrogen) atoms. The van der Waals surface area contributed by atoms with Gasteiger partial charge in [0.15, 0.2) is 0 Å².